The van der Waals surface area contributed by atoms with E-state index < -0.39 is 0 Å². The second-order valence-corrected chi connectivity index (χ2v) is 6.66. The van der Waals surface area contributed by atoms with Crippen molar-refractivity contribution < 1.29 is 9.53 Å². The topological polar surface area (TPSA) is 29.5 Å². The Kier molecular flexibility index (Phi) is 4.18. The average Bonchev–Trinajstić information content (AvgIpc) is 3.11. The number of carbonyl (C=O) groups is 1. The van der Waals surface area contributed by atoms with E-state index in [1.807, 2.05) is 43.1 Å². The Labute approximate surface area is 127 Å². The Balaban J connectivity index is 1.47. The van der Waals surface area contributed by atoms with E-state index in [-0.39, 0.29) is 5.92 Å². The molecule has 0 spiro atoms. The lowest BCUT2D eigenvalue weighted by Crippen LogP contribution is -2.37. The van der Waals surface area contributed by atoms with Gasteiger partial charge in [-0.1, -0.05) is 24.6 Å². The normalized spacial score (nSPS) is 26.9. The van der Waals surface area contributed by atoms with Gasteiger partial charge < -0.3 is 9.64 Å². The fourth-order valence-corrected chi connectivity index (χ4v) is 3.95. The molecule has 0 radical (unpaired) electrons. The fourth-order valence-electron chi connectivity index (χ4n) is 3.95. The van der Waals surface area contributed by atoms with Gasteiger partial charge >= 0.3 is 0 Å². The number of hydrogen-bond acceptors (Lipinski definition) is 2. The molecular weight excluding hydrogens is 262 g/mol. The smallest absolute Gasteiger partial charge is 0.225 e. The van der Waals surface area contributed by atoms with Gasteiger partial charge in [0.1, 0.15) is 12.4 Å². The lowest BCUT2D eigenvalue weighted by atomic mass is 9.88. The van der Waals surface area contributed by atoms with E-state index >= 15 is 0 Å². The first-order valence-electron chi connectivity index (χ1n) is 8.08. The summed E-state index contributed by atoms with van der Waals surface area (Å²) in [5, 5.41) is 0. The molecule has 2 bridgehead atoms. The summed E-state index contributed by atoms with van der Waals surface area (Å²) in [5.41, 5.74) is 1.14. The second kappa shape index (κ2) is 6.08. The van der Waals surface area contributed by atoms with E-state index in [1.165, 1.54) is 19.3 Å². The summed E-state index contributed by atoms with van der Waals surface area (Å²) < 4.78 is 5.79. The van der Waals surface area contributed by atoms with Crippen LogP contribution in [0.2, 0.25) is 0 Å². The summed E-state index contributed by atoms with van der Waals surface area (Å²) in [4.78, 5) is 14.4. The predicted octanol–water partition coefficient (Wildman–Crippen LogP) is 3.27. The predicted molar refractivity (Wildman–Crippen MR) is 83.2 cm³/mol. The maximum Gasteiger partial charge on any atom is 0.225 e. The first-order chi connectivity index (χ1) is 10.1. The molecule has 1 aromatic carbocycles. The van der Waals surface area contributed by atoms with Crippen LogP contribution < -0.4 is 4.74 Å². The summed E-state index contributed by atoms with van der Waals surface area (Å²) in [6.45, 7) is 3.27. The van der Waals surface area contributed by atoms with Crippen LogP contribution in [0.15, 0.2) is 24.3 Å². The molecule has 21 heavy (non-hydrogen) atoms. The summed E-state index contributed by atoms with van der Waals surface area (Å²) in [6, 6.07) is 8.01. The molecule has 0 heterocycles. The third-order valence-electron chi connectivity index (χ3n) is 5.21. The van der Waals surface area contributed by atoms with E-state index in [0.717, 1.165) is 23.7 Å². The molecule has 3 unspecified atom stereocenters. The van der Waals surface area contributed by atoms with Gasteiger partial charge in [-0.15, -0.1) is 0 Å². The molecule has 2 fully saturated rings. The van der Waals surface area contributed by atoms with E-state index in [2.05, 4.69) is 0 Å². The van der Waals surface area contributed by atoms with Crippen molar-refractivity contribution in [1.82, 2.24) is 4.90 Å². The van der Waals surface area contributed by atoms with Gasteiger partial charge in [-0.3, -0.25) is 4.79 Å². The number of rotatable bonds is 5. The Morgan fingerprint density at radius 3 is 2.76 bits per heavy atom. The van der Waals surface area contributed by atoms with Crippen LogP contribution >= 0.6 is 0 Å². The van der Waals surface area contributed by atoms with Crippen LogP contribution in [0.3, 0.4) is 0 Å². The Morgan fingerprint density at radius 2 is 2.10 bits per heavy atom. The van der Waals surface area contributed by atoms with E-state index in [9.17, 15) is 4.79 Å². The first-order valence-corrected chi connectivity index (χ1v) is 8.08. The minimum atomic E-state index is 0.284. The Hall–Kier alpha value is -1.51. The number of benzene rings is 1. The summed E-state index contributed by atoms with van der Waals surface area (Å²) in [5.74, 6) is 3.00. The van der Waals surface area contributed by atoms with Crippen molar-refractivity contribution in [3.05, 3.63) is 29.8 Å². The molecule has 0 aliphatic heterocycles. The number of hydrogen-bond donors (Lipinski definition) is 0. The van der Waals surface area contributed by atoms with E-state index in [1.54, 1.807) is 0 Å². The van der Waals surface area contributed by atoms with Gasteiger partial charge in [-0.2, -0.15) is 0 Å². The SMILES string of the molecule is Cc1ccccc1OCCN(C)C(=O)C1CC2CCC1C2. The van der Waals surface area contributed by atoms with E-state index in [0.29, 0.717) is 25.0 Å². The zero-order valence-corrected chi connectivity index (χ0v) is 13.0. The van der Waals surface area contributed by atoms with Gasteiger partial charge in [0.2, 0.25) is 5.91 Å². The van der Waals surface area contributed by atoms with Crippen molar-refractivity contribution >= 4 is 5.91 Å². The van der Waals surface area contributed by atoms with Crippen LogP contribution in [-0.4, -0.2) is 31.0 Å². The third kappa shape index (κ3) is 3.07. The van der Waals surface area contributed by atoms with Gasteiger partial charge in [0.15, 0.2) is 0 Å². The molecule has 114 valence electrons. The molecule has 0 aromatic heterocycles. The molecule has 0 saturated heterocycles. The van der Waals surface area contributed by atoms with Crippen molar-refractivity contribution in [3.63, 3.8) is 0 Å². The van der Waals surface area contributed by atoms with Gasteiger partial charge in [-0.05, 0) is 49.7 Å². The zero-order chi connectivity index (χ0) is 14.8. The molecule has 1 amide bonds. The maximum absolute atomic E-state index is 12.5. The number of para-hydroxylation sites is 1. The van der Waals surface area contributed by atoms with Crippen molar-refractivity contribution in [2.24, 2.45) is 17.8 Å². The number of carbonyl (C=O) groups excluding carboxylic acids is 1. The maximum atomic E-state index is 12.5. The average molecular weight is 287 g/mol. The van der Waals surface area contributed by atoms with Gasteiger partial charge in [0.05, 0.1) is 6.54 Å². The summed E-state index contributed by atoms with van der Waals surface area (Å²) in [6.07, 6.45) is 5.00. The molecule has 3 nitrogen and oxygen atoms in total. The van der Waals surface area contributed by atoms with Crippen LogP contribution in [0, 0.1) is 24.7 Å². The summed E-state index contributed by atoms with van der Waals surface area (Å²) >= 11 is 0. The minimum Gasteiger partial charge on any atom is -0.491 e. The Bertz CT molecular complexity index is 514. The van der Waals surface area contributed by atoms with Crippen molar-refractivity contribution in [1.29, 1.82) is 0 Å². The molecular formula is C18H25NO2. The molecule has 3 atom stereocenters. The van der Waals surface area contributed by atoms with E-state index in [4.69, 9.17) is 4.74 Å². The lowest BCUT2D eigenvalue weighted by molar-refractivity contribution is -0.136. The van der Waals surface area contributed by atoms with Crippen molar-refractivity contribution in [2.75, 3.05) is 20.2 Å². The van der Waals surface area contributed by atoms with Crippen LogP contribution in [0.4, 0.5) is 0 Å². The molecule has 2 aliphatic carbocycles. The lowest BCUT2D eigenvalue weighted by Gasteiger charge is -2.26. The first kappa shape index (κ1) is 14.4. The number of amides is 1. The highest BCUT2D eigenvalue weighted by Gasteiger charge is 2.43. The highest BCUT2D eigenvalue weighted by Crippen LogP contribution is 2.48. The minimum absolute atomic E-state index is 0.284. The summed E-state index contributed by atoms with van der Waals surface area (Å²) in [7, 11) is 1.91. The highest BCUT2D eigenvalue weighted by molar-refractivity contribution is 5.79. The van der Waals surface area contributed by atoms with Crippen LogP contribution in [0.5, 0.6) is 5.75 Å². The molecule has 0 N–H and O–H groups in total. The fraction of sp³-hybridized carbons (Fsp3) is 0.611. The number of ether oxygens (including phenoxy) is 1. The number of nitrogens with zero attached hydrogens (tertiary/aromatic N) is 1. The molecule has 2 saturated carbocycles. The Morgan fingerprint density at radius 1 is 1.29 bits per heavy atom. The number of likely N-dealkylation sites (N-methyl/N-ethyl adjacent to an activating group) is 1. The zero-order valence-electron chi connectivity index (χ0n) is 13.0. The van der Waals surface area contributed by atoms with Crippen LogP contribution in [0.25, 0.3) is 0 Å². The van der Waals surface area contributed by atoms with Crippen molar-refractivity contribution in [3.8, 4) is 5.75 Å². The molecule has 1 aromatic rings. The van der Waals surface area contributed by atoms with Gasteiger partial charge in [0, 0.05) is 13.0 Å². The van der Waals surface area contributed by atoms with Gasteiger partial charge in [-0.25, -0.2) is 0 Å². The van der Waals surface area contributed by atoms with Crippen LogP contribution in [0.1, 0.15) is 31.2 Å². The second-order valence-electron chi connectivity index (χ2n) is 6.66. The quantitative estimate of drug-likeness (QED) is 0.832. The molecule has 3 heteroatoms. The number of fused-ring (bicyclic) bond motifs is 2. The van der Waals surface area contributed by atoms with Crippen molar-refractivity contribution in [2.45, 2.75) is 32.6 Å². The largest absolute Gasteiger partial charge is 0.491 e. The highest BCUT2D eigenvalue weighted by atomic mass is 16.5. The van der Waals surface area contributed by atoms with Crippen LogP contribution in [-0.2, 0) is 4.79 Å². The number of aryl methyl sites for hydroxylation is 1. The monoisotopic (exact) mass is 287 g/mol. The van der Waals surface area contributed by atoms with Gasteiger partial charge in [0.25, 0.3) is 0 Å². The third-order valence-corrected chi connectivity index (χ3v) is 5.21. The molecule has 2 aliphatic rings. The standard InChI is InChI=1S/C18H25NO2/c1-13-5-3-4-6-17(13)21-10-9-19(2)18(20)16-12-14-7-8-15(16)11-14/h3-6,14-16H,7-12H2,1-2H3. The molecule has 3 rings (SSSR count).